The van der Waals surface area contributed by atoms with Crippen LogP contribution >= 0.6 is 0 Å². The highest BCUT2D eigenvalue weighted by molar-refractivity contribution is 5.75. The summed E-state index contributed by atoms with van der Waals surface area (Å²) < 4.78 is 5.48. The van der Waals surface area contributed by atoms with Crippen LogP contribution in [-0.2, 0) is 17.8 Å². The van der Waals surface area contributed by atoms with Crippen molar-refractivity contribution in [3.8, 4) is 0 Å². The maximum atomic E-state index is 12.4. The second kappa shape index (κ2) is 9.60. The summed E-state index contributed by atoms with van der Waals surface area (Å²) in [6.07, 6.45) is 6.47. The van der Waals surface area contributed by atoms with Crippen LogP contribution in [0.3, 0.4) is 0 Å². The molecule has 7 nitrogen and oxygen atoms in total. The number of hydrogen-bond acceptors (Lipinski definition) is 6. The Hall–Kier alpha value is -2.28. The summed E-state index contributed by atoms with van der Waals surface area (Å²) in [6, 6.07) is 5.89. The fraction of sp³-hybridized carbons (Fsp3) is 0.600. The highest BCUT2D eigenvalue weighted by Gasteiger charge is 2.22. The molecule has 1 fully saturated rings. The van der Waals surface area contributed by atoms with Crippen molar-refractivity contribution in [2.45, 2.75) is 45.6 Å². The molecule has 0 radical (unpaired) electrons. The zero-order valence-electron chi connectivity index (χ0n) is 16.3. The molecule has 0 aliphatic carbocycles. The first-order valence-electron chi connectivity index (χ1n) is 9.75. The van der Waals surface area contributed by atoms with Crippen LogP contribution in [0, 0.1) is 12.8 Å². The number of nitrogens with zero attached hydrogens (tertiary/aromatic N) is 5. The zero-order valence-corrected chi connectivity index (χ0v) is 16.3. The number of carbonyl (C=O) groups is 1. The minimum Gasteiger partial charge on any atom is -0.424 e. The third-order valence-electron chi connectivity index (χ3n) is 5.15. The monoisotopic (exact) mass is 371 g/mol. The van der Waals surface area contributed by atoms with E-state index in [4.69, 9.17) is 4.42 Å². The van der Waals surface area contributed by atoms with Gasteiger partial charge in [-0.15, -0.1) is 10.2 Å². The largest absolute Gasteiger partial charge is 0.424 e. The van der Waals surface area contributed by atoms with E-state index in [2.05, 4.69) is 20.1 Å². The Kier molecular flexibility index (Phi) is 6.92. The Labute approximate surface area is 160 Å². The highest BCUT2D eigenvalue weighted by Crippen LogP contribution is 2.22. The Morgan fingerprint density at radius 1 is 1.37 bits per heavy atom. The number of carbonyl (C=O) groups excluding carboxylic acids is 1. The molecule has 0 aromatic carbocycles. The molecule has 1 atom stereocenters. The van der Waals surface area contributed by atoms with Gasteiger partial charge in [-0.3, -0.25) is 14.7 Å². The first kappa shape index (κ1) is 19.5. The molecule has 0 saturated carbocycles. The SMILES string of the molecule is Cc1nnc(CN2CCC[C@H](CCC(=O)N(C)CCc3ccccn3)C2)o1. The van der Waals surface area contributed by atoms with E-state index in [1.54, 1.807) is 6.20 Å². The average Bonchev–Trinajstić information content (AvgIpc) is 3.10. The maximum Gasteiger partial charge on any atom is 0.230 e. The van der Waals surface area contributed by atoms with E-state index in [9.17, 15) is 4.79 Å². The van der Waals surface area contributed by atoms with E-state index in [1.165, 1.54) is 6.42 Å². The number of aromatic nitrogens is 3. The van der Waals surface area contributed by atoms with Gasteiger partial charge in [-0.05, 0) is 43.9 Å². The van der Waals surface area contributed by atoms with Crippen LogP contribution in [0.15, 0.2) is 28.8 Å². The van der Waals surface area contributed by atoms with Crippen molar-refractivity contribution in [3.05, 3.63) is 41.9 Å². The van der Waals surface area contributed by atoms with Crippen LogP contribution in [0.1, 0.15) is 43.2 Å². The molecule has 0 bridgehead atoms. The Bertz CT molecular complexity index is 718. The zero-order chi connectivity index (χ0) is 19.1. The number of aryl methyl sites for hydroxylation is 1. The number of rotatable bonds is 8. The lowest BCUT2D eigenvalue weighted by atomic mass is 9.93. The van der Waals surface area contributed by atoms with Crippen molar-refractivity contribution in [1.82, 2.24) is 25.0 Å². The molecule has 0 N–H and O–H groups in total. The molecule has 0 unspecified atom stereocenters. The van der Waals surface area contributed by atoms with Gasteiger partial charge in [0.25, 0.3) is 0 Å². The Balaban J connectivity index is 1.38. The highest BCUT2D eigenvalue weighted by atomic mass is 16.4. The molecule has 3 heterocycles. The number of piperidine rings is 1. The van der Waals surface area contributed by atoms with Crippen molar-refractivity contribution in [1.29, 1.82) is 0 Å². The minimum absolute atomic E-state index is 0.218. The summed E-state index contributed by atoms with van der Waals surface area (Å²) in [5, 5.41) is 7.97. The fourth-order valence-electron chi connectivity index (χ4n) is 3.59. The van der Waals surface area contributed by atoms with Gasteiger partial charge >= 0.3 is 0 Å². The van der Waals surface area contributed by atoms with Gasteiger partial charge in [0.15, 0.2) is 0 Å². The number of likely N-dealkylation sites (N-methyl/N-ethyl adjacent to an activating group) is 1. The number of amides is 1. The van der Waals surface area contributed by atoms with E-state index in [-0.39, 0.29) is 5.91 Å². The van der Waals surface area contributed by atoms with Gasteiger partial charge in [-0.1, -0.05) is 6.07 Å². The van der Waals surface area contributed by atoms with Gasteiger partial charge in [0.05, 0.1) is 6.54 Å². The molecule has 7 heteroatoms. The molecule has 1 aliphatic rings. The number of pyridine rings is 1. The van der Waals surface area contributed by atoms with Gasteiger partial charge in [-0.25, -0.2) is 0 Å². The van der Waals surface area contributed by atoms with Gasteiger partial charge < -0.3 is 9.32 Å². The molecule has 146 valence electrons. The van der Waals surface area contributed by atoms with E-state index < -0.39 is 0 Å². The topological polar surface area (TPSA) is 75.4 Å². The number of likely N-dealkylation sites (tertiary alicyclic amines) is 1. The normalized spacial score (nSPS) is 17.8. The predicted octanol–water partition coefficient (Wildman–Crippen LogP) is 2.47. The lowest BCUT2D eigenvalue weighted by Crippen LogP contribution is -2.36. The van der Waals surface area contributed by atoms with Gasteiger partial charge in [0.1, 0.15) is 0 Å². The summed E-state index contributed by atoms with van der Waals surface area (Å²) in [5.74, 6) is 2.06. The van der Waals surface area contributed by atoms with E-state index >= 15 is 0 Å². The minimum atomic E-state index is 0.218. The summed E-state index contributed by atoms with van der Waals surface area (Å²) in [7, 11) is 1.89. The van der Waals surface area contributed by atoms with Crippen LogP contribution in [0.4, 0.5) is 0 Å². The second-order valence-electron chi connectivity index (χ2n) is 7.38. The second-order valence-corrected chi connectivity index (χ2v) is 7.38. The summed E-state index contributed by atoms with van der Waals surface area (Å²) in [4.78, 5) is 20.9. The first-order chi connectivity index (χ1) is 13.1. The molecule has 1 saturated heterocycles. The van der Waals surface area contributed by atoms with Crippen molar-refractivity contribution < 1.29 is 9.21 Å². The smallest absolute Gasteiger partial charge is 0.230 e. The van der Waals surface area contributed by atoms with Crippen LogP contribution in [0.5, 0.6) is 0 Å². The molecule has 1 amide bonds. The molecule has 27 heavy (non-hydrogen) atoms. The summed E-state index contributed by atoms with van der Waals surface area (Å²) >= 11 is 0. The van der Waals surface area contributed by atoms with Crippen LogP contribution in [0.2, 0.25) is 0 Å². The van der Waals surface area contributed by atoms with Gasteiger partial charge in [0.2, 0.25) is 17.7 Å². The Morgan fingerprint density at radius 2 is 2.26 bits per heavy atom. The van der Waals surface area contributed by atoms with E-state index in [0.717, 1.165) is 38.0 Å². The molecule has 3 rings (SSSR count). The van der Waals surface area contributed by atoms with Gasteiger partial charge in [0, 0.05) is 51.8 Å². The lowest BCUT2D eigenvalue weighted by Gasteiger charge is -2.32. The summed E-state index contributed by atoms with van der Waals surface area (Å²) in [6.45, 7) is 5.27. The maximum absolute atomic E-state index is 12.4. The third kappa shape index (κ3) is 6.13. The van der Waals surface area contributed by atoms with E-state index in [1.807, 2.05) is 37.1 Å². The fourth-order valence-corrected chi connectivity index (χ4v) is 3.59. The molecule has 0 spiro atoms. The van der Waals surface area contributed by atoms with Crippen molar-refractivity contribution in [2.24, 2.45) is 5.92 Å². The Morgan fingerprint density at radius 3 is 3.00 bits per heavy atom. The van der Waals surface area contributed by atoms with Crippen LogP contribution in [-0.4, -0.2) is 57.6 Å². The van der Waals surface area contributed by atoms with Crippen LogP contribution in [0.25, 0.3) is 0 Å². The lowest BCUT2D eigenvalue weighted by molar-refractivity contribution is -0.130. The summed E-state index contributed by atoms with van der Waals surface area (Å²) in [5.41, 5.74) is 1.02. The quantitative estimate of drug-likeness (QED) is 0.710. The molecule has 2 aromatic heterocycles. The van der Waals surface area contributed by atoms with Crippen LogP contribution < -0.4 is 0 Å². The van der Waals surface area contributed by atoms with Crippen molar-refractivity contribution in [3.63, 3.8) is 0 Å². The molecule has 1 aliphatic heterocycles. The third-order valence-corrected chi connectivity index (χ3v) is 5.15. The van der Waals surface area contributed by atoms with Gasteiger partial charge in [-0.2, -0.15) is 0 Å². The number of hydrogen-bond donors (Lipinski definition) is 0. The standard InChI is InChI=1S/C20H29N5O2/c1-16-22-23-19(27-16)15-25-12-5-6-17(14-25)8-9-20(26)24(2)13-10-18-7-3-4-11-21-18/h3-4,7,11,17H,5-6,8-10,12-15H2,1-2H3/t17-/m1/s1. The predicted molar refractivity (Wildman–Crippen MR) is 102 cm³/mol. The van der Waals surface area contributed by atoms with Crippen molar-refractivity contribution in [2.75, 3.05) is 26.7 Å². The average molecular weight is 371 g/mol. The first-order valence-corrected chi connectivity index (χ1v) is 9.75. The van der Waals surface area contributed by atoms with Crippen molar-refractivity contribution >= 4 is 5.91 Å². The van der Waals surface area contributed by atoms with E-state index in [0.29, 0.717) is 37.2 Å². The molecule has 2 aromatic rings. The molecular weight excluding hydrogens is 342 g/mol. The molecular formula is C20H29N5O2.